The topological polar surface area (TPSA) is 75.6 Å². The van der Waals surface area contributed by atoms with E-state index in [1.807, 2.05) is 49.1 Å². The van der Waals surface area contributed by atoms with Gasteiger partial charge in [0.1, 0.15) is 5.75 Å². The Kier molecular flexibility index (Phi) is 5.25. The summed E-state index contributed by atoms with van der Waals surface area (Å²) in [5.41, 5.74) is 4.33. The lowest BCUT2D eigenvalue weighted by atomic mass is 10.1. The minimum absolute atomic E-state index is 0.0486. The molecule has 7 heteroatoms. The first-order valence-corrected chi connectivity index (χ1v) is 11.1. The molecule has 0 N–H and O–H groups in total. The van der Waals surface area contributed by atoms with E-state index in [-0.39, 0.29) is 18.4 Å². The number of carbonyl (C=O) groups excluding carboxylic acids is 2. The third kappa shape index (κ3) is 3.68. The fraction of sp³-hybridized carbons (Fsp3) is 0.360. The molecular weight excluding hydrogens is 404 g/mol. The largest absolute Gasteiger partial charge is 0.476 e. The Morgan fingerprint density at radius 2 is 1.66 bits per heavy atom. The van der Waals surface area contributed by atoms with Crippen LogP contribution in [0.25, 0.3) is 11.0 Å². The first-order valence-electron chi connectivity index (χ1n) is 11.1. The first kappa shape index (κ1) is 20.4. The Morgan fingerprint density at radius 1 is 0.938 bits per heavy atom. The van der Waals surface area contributed by atoms with Gasteiger partial charge in [0.05, 0.1) is 34.7 Å². The number of hydrogen-bond donors (Lipinski definition) is 0. The van der Waals surface area contributed by atoms with Crippen molar-refractivity contribution in [3.63, 3.8) is 0 Å². The van der Waals surface area contributed by atoms with Gasteiger partial charge in [-0.25, -0.2) is 9.97 Å². The highest BCUT2D eigenvalue weighted by Gasteiger charge is 2.36. The molecule has 3 heterocycles. The first-order chi connectivity index (χ1) is 15.5. The third-order valence-electron chi connectivity index (χ3n) is 6.28. The molecule has 0 bridgehead atoms. The van der Waals surface area contributed by atoms with Crippen molar-refractivity contribution in [3.8, 4) is 5.75 Å². The molecule has 0 radical (unpaired) electrons. The number of hydrogen-bond acceptors (Lipinski definition) is 5. The minimum atomic E-state index is -0.711. The van der Waals surface area contributed by atoms with Gasteiger partial charge in [-0.1, -0.05) is 12.1 Å². The number of aryl methyl sites for hydroxylation is 2. The smallest absolute Gasteiger partial charge is 0.265 e. The van der Waals surface area contributed by atoms with Gasteiger partial charge >= 0.3 is 0 Å². The van der Waals surface area contributed by atoms with Gasteiger partial charge in [0, 0.05) is 18.7 Å². The lowest BCUT2D eigenvalue weighted by Gasteiger charge is -2.37. The molecule has 2 aliphatic rings. The van der Waals surface area contributed by atoms with Crippen molar-refractivity contribution >= 4 is 28.5 Å². The summed E-state index contributed by atoms with van der Waals surface area (Å²) in [6, 6.07) is 12.8. The number of fused-ring (bicyclic) bond motifs is 2. The SMILES string of the molecule is Cc1nc2ccc(C(=O)N3CC(C(=O)N4CCCCC4)Oc4ccccc43)cc2nc1C. The fourth-order valence-corrected chi connectivity index (χ4v) is 4.39. The van der Waals surface area contributed by atoms with Crippen LogP contribution in [0, 0.1) is 13.8 Å². The molecule has 1 aromatic heterocycles. The highest BCUT2D eigenvalue weighted by atomic mass is 16.5. The van der Waals surface area contributed by atoms with Crippen molar-refractivity contribution in [2.75, 3.05) is 24.5 Å². The van der Waals surface area contributed by atoms with Gasteiger partial charge < -0.3 is 14.5 Å². The van der Waals surface area contributed by atoms with Gasteiger partial charge in [0.2, 0.25) is 0 Å². The zero-order chi connectivity index (χ0) is 22.2. The summed E-state index contributed by atoms with van der Waals surface area (Å²) in [4.78, 5) is 39.4. The number of aromatic nitrogens is 2. The Bertz CT molecular complexity index is 1200. The van der Waals surface area contributed by atoms with E-state index in [2.05, 4.69) is 9.97 Å². The molecule has 32 heavy (non-hydrogen) atoms. The number of rotatable bonds is 2. The fourth-order valence-electron chi connectivity index (χ4n) is 4.39. The van der Waals surface area contributed by atoms with E-state index >= 15 is 0 Å². The number of ether oxygens (including phenoxy) is 1. The second-order valence-corrected chi connectivity index (χ2v) is 8.47. The van der Waals surface area contributed by atoms with Gasteiger partial charge in [-0.05, 0) is 63.4 Å². The molecule has 5 rings (SSSR count). The van der Waals surface area contributed by atoms with Crippen LogP contribution in [0.15, 0.2) is 42.5 Å². The van der Waals surface area contributed by atoms with Crippen molar-refractivity contribution in [2.24, 2.45) is 0 Å². The van der Waals surface area contributed by atoms with Crippen LogP contribution >= 0.6 is 0 Å². The normalized spacial score (nSPS) is 18.2. The van der Waals surface area contributed by atoms with Crippen molar-refractivity contribution < 1.29 is 14.3 Å². The van der Waals surface area contributed by atoms with Crippen LogP contribution in [0.1, 0.15) is 41.0 Å². The molecule has 1 fully saturated rings. The Labute approximate surface area is 187 Å². The number of nitrogens with zero attached hydrogens (tertiary/aromatic N) is 4. The van der Waals surface area contributed by atoms with E-state index < -0.39 is 6.10 Å². The molecule has 1 saturated heterocycles. The maximum absolute atomic E-state index is 13.6. The maximum Gasteiger partial charge on any atom is 0.265 e. The zero-order valence-electron chi connectivity index (χ0n) is 18.4. The summed E-state index contributed by atoms with van der Waals surface area (Å²) in [5, 5.41) is 0. The summed E-state index contributed by atoms with van der Waals surface area (Å²) >= 11 is 0. The molecule has 2 aliphatic heterocycles. The van der Waals surface area contributed by atoms with Crippen LogP contribution in [0.5, 0.6) is 5.75 Å². The average Bonchev–Trinajstić information content (AvgIpc) is 2.83. The second-order valence-electron chi connectivity index (χ2n) is 8.47. The highest BCUT2D eigenvalue weighted by Crippen LogP contribution is 2.35. The Hall–Kier alpha value is -3.48. The van der Waals surface area contributed by atoms with Crippen LogP contribution in [-0.4, -0.2) is 52.4 Å². The molecule has 2 amide bonds. The van der Waals surface area contributed by atoms with Gasteiger partial charge in [-0.2, -0.15) is 0 Å². The quantitative estimate of drug-likeness (QED) is 0.620. The predicted octanol–water partition coefficient (Wildman–Crippen LogP) is 3.67. The number of likely N-dealkylation sites (tertiary alicyclic amines) is 1. The summed E-state index contributed by atoms with van der Waals surface area (Å²) in [7, 11) is 0. The monoisotopic (exact) mass is 430 g/mol. The summed E-state index contributed by atoms with van der Waals surface area (Å²) < 4.78 is 6.05. The number of carbonyl (C=O) groups is 2. The van der Waals surface area contributed by atoms with E-state index in [9.17, 15) is 9.59 Å². The van der Waals surface area contributed by atoms with E-state index in [4.69, 9.17) is 4.74 Å². The van der Waals surface area contributed by atoms with Crippen molar-refractivity contribution in [3.05, 3.63) is 59.4 Å². The van der Waals surface area contributed by atoms with E-state index in [0.717, 1.165) is 49.3 Å². The van der Waals surface area contributed by atoms with Crippen LogP contribution in [0.3, 0.4) is 0 Å². The van der Waals surface area contributed by atoms with Crippen LogP contribution < -0.4 is 9.64 Å². The predicted molar refractivity (Wildman–Crippen MR) is 122 cm³/mol. The molecule has 0 spiro atoms. The van der Waals surface area contributed by atoms with Gasteiger partial charge in [0.25, 0.3) is 11.8 Å². The van der Waals surface area contributed by atoms with Crippen LogP contribution in [0.4, 0.5) is 5.69 Å². The highest BCUT2D eigenvalue weighted by molar-refractivity contribution is 6.09. The van der Waals surface area contributed by atoms with E-state index in [0.29, 0.717) is 22.5 Å². The molecular formula is C25H26N4O3. The number of amides is 2. The average molecular weight is 431 g/mol. The molecule has 1 unspecified atom stereocenters. The Balaban J connectivity index is 1.48. The van der Waals surface area contributed by atoms with Gasteiger partial charge in [-0.15, -0.1) is 0 Å². The second kappa shape index (κ2) is 8.22. The molecule has 164 valence electrons. The zero-order valence-corrected chi connectivity index (χ0v) is 18.4. The van der Waals surface area contributed by atoms with Crippen molar-refractivity contribution in [1.82, 2.24) is 14.9 Å². The number of benzene rings is 2. The lowest BCUT2D eigenvalue weighted by Crippen LogP contribution is -2.52. The van der Waals surface area contributed by atoms with Crippen LogP contribution in [0.2, 0.25) is 0 Å². The third-order valence-corrected chi connectivity index (χ3v) is 6.28. The van der Waals surface area contributed by atoms with Crippen molar-refractivity contribution in [1.29, 1.82) is 0 Å². The molecule has 0 aliphatic carbocycles. The molecule has 0 saturated carbocycles. The van der Waals surface area contributed by atoms with E-state index in [1.54, 1.807) is 17.0 Å². The summed E-state index contributed by atoms with van der Waals surface area (Å²) in [6.07, 6.45) is 2.45. The molecule has 2 aromatic carbocycles. The van der Waals surface area contributed by atoms with Gasteiger partial charge in [0.15, 0.2) is 6.10 Å². The molecule has 3 aromatic rings. The summed E-state index contributed by atoms with van der Waals surface area (Å²) in [6.45, 7) is 5.50. The van der Waals surface area contributed by atoms with E-state index in [1.165, 1.54) is 0 Å². The molecule has 1 atom stereocenters. The molecule has 7 nitrogen and oxygen atoms in total. The van der Waals surface area contributed by atoms with Crippen LogP contribution in [-0.2, 0) is 4.79 Å². The van der Waals surface area contributed by atoms with Crippen molar-refractivity contribution in [2.45, 2.75) is 39.2 Å². The van der Waals surface area contributed by atoms with Gasteiger partial charge in [-0.3, -0.25) is 9.59 Å². The minimum Gasteiger partial charge on any atom is -0.476 e. The number of piperidine rings is 1. The summed E-state index contributed by atoms with van der Waals surface area (Å²) in [5.74, 6) is 0.320. The number of para-hydroxylation sites is 2. The standard InChI is InChI=1S/C25H26N4O3/c1-16-17(2)27-20-14-18(10-11-19(20)26-16)24(30)29-15-23(25(31)28-12-6-3-7-13-28)32-22-9-5-4-8-21(22)29/h4-5,8-11,14,23H,3,6-7,12-13,15H2,1-2H3. The lowest BCUT2D eigenvalue weighted by molar-refractivity contribution is -0.139. The maximum atomic E-state index is 13.6. The Morgan fingerprint density at radius 3 is 2.44 bits per heavy atom. The number of anilines is 1.